The second-order valence-corrected chi connectivity index (χ2v) is 4.26. The van der Waals surface area contributed by atoms with E-state index in [9.17, 15) is 9.59 Å². The van der Waals surface area contributed by atoms with Crippen molar-refractivity contribution >= 4 is 17.7 Å². The van der Waals surface area contributed by atoms with Gasteiger partial charge in [0.25, 0.3) is 0 Å². The van der Waals surface area contributed by atoms with Crippen molar-refractivity contribution in [2.45, 2.75) is 6.92 Å². The minimum absolute atomic E-state index is 0.0929. The number of carboxylic acids is 1. The van der Waals surface area contributed by atoms with Crippen LogP contribution in [0.25, 0.3) is 0 Å². The van der Waals surface area contributed by atoms with Gasteiger partial charge >= 0.3 is 12.0 Å². The Hall–Kier alpha value is -2.08. The fraction of sp³-hybridized carbons (Fsp3) is 0.385. The zero-order valence-electron chi connectivity index (χ0n) is 11.4. The molecule has 0 bridgehead atoms. The van der Waals surface area contributed by atoms with E-state index >= 15 is 0 Å². The molecule has 0 fully saturated rings. The lowest BCUT2D eigenvalue weighted by Crippen LogP contribution is -2.36. The number of rotatable bonds is 5. The van der Waals surface area contributed by atoms with E-state index < -0.39 is 5.97 Å². The van der Waals surface area contributed by atoms with Crippen LogP contribution in [0.3, 0.4) is 0 Å². The second kappa shape index (κ2) is 6.75. The molecule has 0 saturated carbocycles. The lowest BCUT2D eigenvalue weighted by molar-refractivity contribution is 0.0698. The van der Waals surface area contributed by atoms with Crippen molar-refractivity contribution in [2.24, 2.45) is 0 Å². The molecule has 0 aromatic heterocycles. The molecule has 6 heteroatoms. The van der Waals surface area contributed by atoms with Crippen molar-refractivity contribution < 1.29 is 14.7 Å². The molecule has 0 aliphatic carbocycles. The smallest absolute Gasteiger partial charge is 0.337 e. The number of carbonyl (C=O) groups is 2. The third-order valence-corrected chi connectivity index (χ3v) is 2.78. The van der Waals surface area contributed by atoms with E-state index in [1.807, 2.05) is 0 Å². The molecule has 0 heterocycles. The van der Waals surface area contributed by atoms with Gasteiger partial charge in [-0.1, -0.05) is 12.1 Å². The Morgan fingerprint density at radius 1 is 1.37 bits per heavy atom. The average Bonchev–Trinajstić information content (AvgIpc) is 2.37. The van der Waals surface area contributed by atoms with Gasteiger partial charge in [0.1, 0.15) is 0 Å². The van der Waals surface area contributed by atoms with Crippen LogP contribution in [0.2, 0.25) is 0 Å². The summed E-state index contributed by atoms with van der Waals surface area (Å²) in [4.78, 5) is 24.6. The zero-order chi connectivity index (χ0) is 14.4. The monoisotopic (exact) mass is 265 g/mol. The molecule has 0 atom stereocenters. The Labute approximate surface area is 112 Å². The third kappa shape index (κ3) is 3.96. The Morgan fingerprint density at radius 3 is 2.63 bits per heavy atom. The van der Waals surface area contributed by atoms with Crippen molar-refractivity contribution in [2.75, 3.05) is 32.5 Å². The number of benzene rings is 1. The van der Waals surface area contributed by atoms with Crippen LogP contribution in [0, 0.1) is 6.92 Å². The molecule has 0 saturated heterocycles. The van der Waals surface area contributed by atoms with Gasteiger partial charge in [0.2, 0.25) is 0 Å². The SMILES string of the molecule is CNCCN(C)C(=O)Nc1c(C)cccc1C(=O)O. The Kier molecular flexibility index (Phi) is 5.32. The number of likely N-dealkylation sites (N-methyl/N-ethyl adjacent to an activating group) is 2. The maximum absolute atomic E-state index is 11.9. The Morgan fingerprint density at radius 2 is 2.05 bits per heavy atom. The highest BCUT2D eigenvalue weighted by Gasteiger charge is 2.16. The lowest BCUT2D eigenvalue weighted by atomic mass is 10.1. The number of aromatic carboxylic acids is 1. The van der Waals surface area contributed by atoms with Crippen LogP contribution in [0.4, 0.5) is 10.5 Å². The molecular formula is C13H19N3O3. The fourth-order valence-electron chi connectivity index (χ4n) is 1.60. The van der Waals surface area contributed by atoms with Gasteiger partial charge in [-0.05, 0) is 25.6 Å². The summed E-state index contributed by atoms with van der Waals surface area (Å²) in [6.07, 6.45) is 0. The molecule has 0 spiro atoms. The fourth-order valence-corrected chi connectivity index (χ4v) is 1.60. The van der Waals surface area contributed by atoms with Crippen LogP contribution < -0.4 is 10.6 Å². The van der Waals surface area contributed by atoms with Crippen LogP contribution in [-0.4, -0.2) is 49.2 Å². The van der Waals surface area contributed by atoms with E-state index in [1.165, 1.54) is 11.0 Å². The molecule has 1 aromatic carbocycles. The van der Waals surface area contributed by atoms with Crippen molar-refractivity contribution in [3.05, 3.63) is 29.3 Å². The number of aryl methyl sites for hydroxylation is 1. The number of anilines is 1. The predicted octanol–water partition coefficient (Wildman–Crippen LogP) is 1.38. The summed E-state index contributed by atoms with van der Waals surface area (Å²) < 4.78 is 0. The highest BCUT2D eigenvalue weighted by atomic mass is 16.4. The number of nitrogens with one attached hydrogen (secondary N) is 2. The van der Waals surface area contributed by atoms with Crippen LogP contribution >= 0.6 is 0 Å². The molecule has 2 amide bonds. The van der Waals surface area contributed by atoms with E-state index in [4.69, 9.17) is 5.11 Å². The van der Waals surface area contributed by atoms with Gasteiger partial charge in [0.05, 0.1) is 11.3 Å². The first kappa shape index (κ1) is 15.0. The molecular weight excluding hydrogens is 246 g/mol. The summed E-state index contributed by atoms with van der Waals surface area (Å²) in [6.45, 7) is 2.97. The maximum atomic E-state index is 11.9. The number of urea groups is 1. The molecule has 0 aliphatic heterocycles. The molecule has 1 aromatic rings. The summed E-state index contributed by atoms with van der Waals surface area (Å²) >= 11 is 0. The number of nitrogens with zero attached hydrogens (tertiary/aromatic N) is 1. The molecule has 0 aliphatic rings. The second-order valence-electron chi connectivity index (χ2n) is 4.26. The molecule has 104 valence electrons. The van der Waals surface area contributed by atoms with E-state index in [-0.39, 0.29) is 11.6 Å². The number of carbonyl (C=O) groups excluding carboxylic acids is 1. The van der Waals surface area contributed by atoms with Crippen LogP contribution in [-0.2, 0) is 0 Å². The van der Waals surface area contributed by atoms with E-state index in [1.54, 1.807) is 33.2 Å². The van der Waals surface area contributed by atoms with Crippen molar-refractivity contribution in [1.29, 1.82) is 0 Å². The van der Waals surface area contributed by atoms with E-state index in [0.29, 0.717) is 18.8 Å². The molecule has 0 unspecified atom stereocenters. The van der Waals surface area contributed by atoms with E-state index in [2.05, 4.69) is 10.6 Å². The van der Waals surface area contributed by atoms with Crippen LogP contribution in [0.5, 0.6) is 0 Å². The first-order chi connectivity index (χ1) is 8.97. The van der Waals surface area contributed by atoms with Crippen LogP contribution in [0.1, 0.15) is 15.9 Å². The van der Waals surface area contributed by atoms with Gasteiger partial charge in [-0.15, -0.1) is 0 Å². The summed E-state index contributed by atoms with van der Waals surface area (Å²) in [7, 11) is 3.46. The van der Waals surface area contributed by atoms with Gasteiger partial charge in [0, 0.05) is 20.1 Å². The summed E-state index contributed by atoms with van der Waals surface area (Å²) in [5.41, 5.74) is 1.15. The van der Waals surface area contributed by atoms with Crippen LogP contribution in [0.15, 0.2) is 18.2 Å². The molecule has 19 heavy (non-hydrogen) atoms. The molecule has 0 radical (unpaired) electrons. The summed E-state index contributed by atoms with van der Waals surface area (Å²) in [6, 6.07) is 4.56. The first-order valence-corrected chi connectivity index (χ1v) is 5.97. The summed E-state index contributed by atoms with van der Waals surface area (Å²) in [5.74, 6) is -1.06. The first-order valence-electron chi connectivity index (χ1n) is 5.97. The minimum Gasteiger partial charge on any atom is -0.478 e. The molecule has 6 nitrogen and oxygen atoms in total. The lowest BCUT2D eigenvalue weighted by Gasteiger charge is -2.19. The normalized spacial score (nSPS) is 10.1. The molecule has 1 rings (SSSR count). The van der Waals surface area contributed by atoms with E-state index in [0.717, 1.165) is 5.56 Å². The van der Waals surface area contributed by atoms with Gasteiger partial charge in [-0.3, -0.25) is 0 Å². The van der Waals surface area contributed by atoms with Gasteiger partial charge in [0.15, 0.2) is 0 Å². The van der Waals surface area contributed by atoms with Gasteiger partial charge in [-0.2, -0.15) is 0 Å². The highest BCUT2D eigenvalue weighted by molar-refractivity contribution is 6.00. The number of para-hydroxylation sites is 1. The van der Waals surface area contributed by atoms with Crippen molar-refractivity contribution in [3.8, 4) is 0 Å². The largest absolute Gasteiger partial charge is 0.478 e. The number of amides is 2. The Bertz CT molecular complexity index is 474. The topological polar surface area (TPSA) is 81.7 Å². The highest BCUT2D eigenvalue weighted by Crippen LogP contribution is 2.20. The maximum Gasteiger partial charge on any atom is 0.337 e. The quantitative estimate of drug-likeness (QED) is 0.751. The predicted molar refractivity (Wildman–Crippen MR) is 73.7 cm³/mol. The average molecular weight is 265 g/mol. The number of carboxylic acid groups (broad SMARTS) is 1. The molecule has 3 N–H and O–H groups in total. The summed E-state index contributed by atoms with van der Waals surface area (Å²) in [5, 5.41) is 14.7. The Balaban J connectivity index is 2.87. The number of hydrogen-bond acceptors (Lipinski definition) is 3. The van der Waals surface area contributed by atoms with Gasteiger partial charge in [-0.25, -0.2) is 9.59 Å². The van der Waals surface area contributed by atoms with Crippen molar-refractivity contribution in [1.82, 2.24) is 10.2 Å². The standard InChI is InChI=1S/C13H19N3O3/c1-9-5-4-6-10(12(17)18)11(9)15-13(19)16(3)8-7-14-2/h4-6,14H,7-8H2,1-3H3,(H,15,19)(H,17,18). The minimum atomic E-state index is -1.06. The van der Waals surface area contributed by atoms with Gasteiger partial charge < -0.3 is 20.6 Å². The van der Waals surface area contributed by atoms with Crippen molar-refractivity contribution in [3.63, 3.8) is 0 Å². The zero-order valence-corrected chi connectivity index (χ0v) is 11.4. The third-order valence-electron chi connectivity index (χ3n) is 2.78. The number of hydrogen-bond donors (Lipinski definition) is 3.